The second-order valence-corrected chi connectivity index (χ2v) is 2.99. The fraction of sp³-hybridized carbons (Fsp3) is 0.222. The summed E-state index contributed by atoms with van der Waals surface area (Å²) < 4.78 is 39.2. The number of nitrogens with one attached hydrogen (secondary N) is 1. The Morgan fingerprint density at radius 2 is 1.81 bits per heavy atom. The van der Waals surface area contributed by atoms with Crippen molar-refractivity contribution in [2.45, 2.75) is 6.36 Å². The number of benzene rings is 1. The minimum atomic E-state index is -4.70. The molecule has 0 aromatic heterocycles. The van der Waals surface area contributed by atoms with Crippen molar-refractivity contribution in [2.75, 3.05) is 11.9 Å². The molecule has 4 nitrogen and oxygen atoms in total. The number of hydrogen-bond donors (Lipinski definition) is 2. The van der Waals surface area contributed by atoms with E-state index in [1.165, 1.54) is 24.1 Å². The van der Waals surface area contributed by atoms with E-state index in [0.29, 0.717) is 5.69 Å². The van der Waals surface area contributed by atoms with Crippen molar-refractivity contribution in [3.05, 3.63) is 24.3 Å². The van der Waals surface area contributed by atoms with Gasteiger partial charge in [-0.1, -0.05) is 0 Å². The summed E-state index contributed by atoms with van der Waals surface area (Å²) in [7, 11) is 1.53. The summed E-state index contributed by atoms with van der Waals surface area (Å²) in [5, 5.41) is 7.13. The van der Waals surface area contributed by atoms with Gasteiger partial charge in [-0.2, -0.15) is 0 Å². The summed E-state index contributed by atoms with van der Waals surface area (Å²) in [5.74, 6) is -0.516. The Kier molecular flexibility index (Phi) is 3.26. The molecule has 0 amide bonds. The van der Waals surface area contributed by atoms with Crippen molar-refractivity contribution >= 4 is 11.6 Å². The van der Waals surface area contributed by atoms with Crippen molar-refractivity contribution in [1.82, 2.24) is 0 Å². The molecule has 0 saturated carbocycles. The van der Waals surface area contributed by atoms with Crippen molar-refractivity contribution < 1.29 is 17.9 Å². The van der Waals surface area contributed by atoms with E-state index in [-0.39, 0.29) is 11.7 Å². The molecule has 0 aliphatic heterocycles. The highest BCUT2D eigenvalue weighted by Crippen LogP contribution is 2.24. The molecule has 0 atom stereocenters. The lowest BCUT2D eigenvalue weighted by Crippen LogP contribution is -2.32. The monoisotopic (exact) mass is 233 g/mol. The van der Waals surface area contributed by atoms with Gasteiger partial charge < -0.3 is 15.4 Å². The van der Waals surface area contributed by atoms with E-state index < -0.39 is 6.36 Å². The maximum atomic E-state index is 11.8. The fourth-order valence-electron chi connectivity index (χ4n) is 1.01. The van der Waals surface area contributed by atoms with E-state index in [2.05, 4.69) is 4.74 Å². The number of nitrogens with zero attached hydrogens (tertiary/aromatic N) is 1. The van der Waals surface area contributed by atoms with Crippen molar-refractivity contribution in [3.63, 3.8) is 0 Å². The zero-order chi connectivity index (χ0) is 12.3. The van der Waals surface area contributed by atoms with Crippen LogP contribution in [0.25, 0.3) is 0 Å². The van der Waals surface area contributed by atoms with Gasteiger partial charge in [0.15, 0.2) is 5.96 Å². The van der Waals surface area contributed by atoms with Crippen LogP contribution in [0.1, 0.15) is 0 Å². The van der Waals surface area contributed by atoms with Crippen LogP contribution in [0.2, 0.25) is 0 Å². The molecule has 1 rings (SSSR count). The lowest BCUT2D eigenvalue weighted by Gasteiger charge is -2.17. The Morgan fingerprint density at radius 3 is 2.19 bits per heavy atom. The van der Waals surface area contributed by atoms with Crippen molar-refractivity contribution in [2.24, 2.45) is 5.73 Å². The molecule has 0 heterocycles. The standard InChI is InChI=1S/C9H10F3N3O/c1-15(8(13)14)6-2-4-7(5-3-6)16-9(10,11)12/h2-5H,1H3,(H3,13,14). The second-order valence-electron chi connectivity index (χ2n) is 2.99. The van der Waals surface area contributed by atoms with Crippen LogP contribution < -0.4 is 15.4 Å². The maximum Gasteiger partial charge on any atom is 0.573 e. The fourth-order valence-corrected chi connectivity index (χ4v) is 1.01. The molecule has 0 spiro atoms. The summed E-state index contributed by atoms with van der Waals surface area (Å²) >= 11 is 0. The molecule has 3 N–H and O–H groups in total. The van der Waals surface area contributed by atoms with Crippen LogP contribution in [-0.2, 0) is 0 Å². The maximum absolute atomic E-state index is 11.8. The molecule has 0 bridgehead atoms. The van der Waals surface area contributed by atoms with Crippen molar-refractivity contribution in [3.8, 4) is 5.75 Å². The van der Waals surface area contributed by atoms with Gasteiger partial charge in [-0.3, -0.25) is 5.41 Å². The zero-order valence-corrected chi connectivity index (χ0v) is 8.38. The summed E-state index contributed by atoms with van der Waals surface area (Å²) in [5.41, 5.74) is 5.71. The van der Waals surface area contributed by atoms with Gasteiger partial charge in [0.2, 0.25) is 0 Å². The predicted molar refractivity (Wildman–Crippen MR) is 53.4 cm³/mol. The van der Waals surface area contributed by atoms with Gasteiger partial charge >= 0.3 is 6.36 Å². The average molecular weight is 233 g/mol. The van der Waals surface area contributed by atoms with Gasteiger partial charge in [-0.05, 0) is 24.3 Å². The molecule has 0 radical (unpaired) electrons. The number of alkyl halides is 3. The van der Waals surface area contributed by atoms with Crippen LogP contribution in [0, 0.1) is 5.41 Å². The number of guanidine groups is 1. The Labute approximate surface area is 89.9 Å². The van der Waals surface area contributed by atoms with E-state index in [1.54, 1.807) is 0 Å². The van der Waals surface area contributed by atoms with E-state index in [0.717, 1.165) is 12.1 Å². The molecule has 7 heteroatoms. The minimum absolute atomic E-state index is 0.204. The van der Waals surface area contributed by atoms with Crippen LogP contribution in [0.3, 0.4) is 0 Å². The average Bonchev–Trinajstić information content (AvgIpc) is 2.15. The number of rotatable bonds is 2. The lowest BCUT2D eigenvalue weighted by atomic mass is 10.3. The van der Waals surface area contributed by atoms with Crippen LogP contribution in [0.4, 0.5) is 18.9 Å². The number of anilines is 1. The first-order chi connectivity index (χ1) is 7.29. The highest BCUT2D eigenvalue weighted by Gasteiger charge is 2.30. The number of halogens is 3. The number of hydrogen-bond acceptors (Lipinski definition) is 2. The van der Waals surface area contributed by atoms with Crippen LogP contribution in [-0.4, -0.2) is 19.4 Å². The molecule has 1 aromatic rings. The van der Waals surface area contributed by atoms with Crippen LogP contribution in [0.15, 0.2) is 24.3 Å². The van der Waals surface area contributed by atoms with Gasteiger partial charge in [-0.15, -0.1) is 13.2 Å². The first kappa shape index (κ1) is 12.2. The summed E-state index contributed by atoms with van der Waals surface area (Å²) in [6.45, 7) is 0. The predicted octanol–water partition coefficient (Wildman–Crippen LogP) is 1.91. The van der Waals surface area contributed by atoms with Crippen molar-refractivity contribution in [1.29, 1.82) is 5.41 Å². The third kappa shape index (κ3) is 3.34. The van der Waals surface area contributed by atoms with E-state index in [9.17, 15) is 13.2 Å². The molecule has 0 aliphatic carbocycles. The zero-order valence-electron chi connectivity index (χ0n) is 8.38. The smallest absolute Gasteiger partial charge is 0.406 e. The third-order valence-electron chi connectivity index (χ3n) is 1.82. The topological polar surface area (TPSA) is 62.3 Å². The summed E-state index contributed by atoms with van der Waals surface area (Å²) in [4.78, 5) is 1.32. The first-order valence-corrected chi connectivity index (χ1v) is 4.23. The Balaban J connectivity index is 2.79. The molecule has 88 valence electrons. The Hall–Kier alpha value is -1.92. The Morgan fingerprint density at radius 1 is 1.31 bits per heavy atom. The summed E-state index contributed by atoms with van der Waals surface area (Å²) in [6, 6.07) is 5.06. The van der Waals surface area contributed by atoms with E-state index in [1.807, 2.05) is 0 Å². The molecular formula is C9H10F3N3O. The van der Waals surface area contributed by atoms with E-state index in [4.69, 9.17) is 11.1 Å². The number of nitrogens with two attached hydrogens (primary N) is 1. The second kappa shape index (κ2) is 4.30. The van der Waals surface area contributed by atoms with Gasteiger partial charge in [0.1, 0.15) is 5.75 Å². The Bertz CT molecular complexity index is 375. The normalized spacial score (nSPS) is 11.0. The quantitative estimate of drug-likeness (QED) is 0.606. The molecule has 0 saturated heterocycles. The summed E-state index contributed by atoms with van der Waals surface area (Å²) in [6.07, 6.45) is -4.70. The highest BCUT2D eigenvalue weighted by molar-refractivity contribution is 5.91. The van der Waals surface area contributed by atoms with Gasteiger partial charge in [0, 0.05) is 12.7 Å². The third-order valence-corrected chi connectivity index (χ3v) is 1.82. The van der Waals surface area contributed by atoms with Gasteiger partial charge in [0.25, 0.3) is 0 Å². The van der Waals surface area contributed by atoms with Crippen LogP contribution in [0.5, 0.6) is 5.75 Å². The first-order valence-electron chi connectivity index (χ1n) is 4.23. The number of ether oxygens (including phenoxy) is 1. The molecule has 0 aliphatic rings. The largest absolute Gasteiger partial charge is 0.573 e. The molecular weight excluding hydrogens is 223 g/mol. The molecule has 16 heavy (non-hydrogen) atoms. The SMILES string of the molecule is CN(C(=N)N)c1ccc(OC(F)(F)F)cc1. The highest BCUT2D eigenvalue weighted by atomic mass is 19.4. The molecule has 0 fully saturated rings. The molecule has 0 unspecified atom stereocenters. The van der Waals surface area contributed by atoms with Crippen LogP contribution >= 0.6 is 0 Å². The van der Waals surface area contributed by atoms with E-state index >= 15 is 0 Å². The molecule has 1 aromatic carbocycles. The van der Waals surface area contributed by atoms with Gasteiger partial charge in [0.05, 0.1) is 0 Å². The minimum Gasteiger partial charge on any atom is -0.406 e. The van der Waals surface area contributed by atoms with Gasteiger partial charge in [-0.25, -0.2) is 0 Å². The lowest BCUT2D eigenvalue weighted by molar-refractivity contribution is -0.274.